The molecule has 0 bridgehead atoms. The summed E-state index contributed by atoms with van der Waals surface area (Å²) in [6.45, 7) is 2.64. The number of aliphatic carboxylic acids is 1. The molecule has 0 spiro atoms. The minimum Gasteiger partial charge on any atom is -0.480 e. The average Bonchev–Trinajstić information content (AvgIpc) is 3.28. The Balaban J connectivity index is 1.59. The van der Waals surface area contributed by atoms with E-state index in [1.165, 1.54) is 12.8 Å². The third-order valence-electron chi connectivity index (χ3n) is 5.20. The van der Waals surface area contributed by atoms with Crippen LogP contribution in [0.1, 0.15) is 58.3 Å². The van der Waals surface area contributed by atoms with Crippen LogP contribution in [0.15, 0.2) is 0 Å². The molecule has 0 aromatic rings. The van der Waals surface area contributed by atoms with Crippen molar-refractivity contribution in [2.75, 3.05) is 6.61 Å². The third kappa shape index (κ3) is 3.17. The first-order valence-electron chi connectivity index (χ1n) is 8.23. The van der Waals surface area contributed by atoms with E-state index in [-0.39, 0.29) is 12.0 Å². The van der Waals surface area contributed by atoms with Gasteiger partial charge in [-0.3, -0.25) is 10.1 Å². The van der Waals surface area contributed by atoms with Crippen molar-refractivity contribution in [2.45, 2.75) is 76.0 Å². The molecular weight excluding hydrogens is 254 g/mol. The van der Waals surface area contributed by atoms with Crippen molar-refractivity contribution >= 4 is 5.97 Å². The van der Waals surface area contributed by atoms with Crippen LogP contribution < -0.4 is 5.32 Å². The zero-order valence-corrected chi connectivity index (χ0v) is 12.4. The van der Waals surface area contributed by atoms with E-state index in [1.807, 2.05) is 0 Å². The number of carboxylic acids is 1. The molecule has 0 heterocycles. The molecule has 3 aliphatic carbocycles. The van der Waals surface area contributed by atoms with Crippen molar-refractivity contribution in [3.63, 3.8) is 0 Å². The molecule has 2 N–H and O–H groups in total. The van der Waals surface area contributed by atoms with Gasteiger partial charge in [-0.05, 0) is 63.2 Å². The summed E-state index contributed by atoms with van der Waals surface area (Å²) in [4.78, 5) is 11.8. The van der Waals surface area contributed by atoms with E-state index in [0.29, 0.717) is 12.6 Å². The fraction of sp³-hybridized carbons (Fsp3) is 0.938. The second kappa shape index (κ2) is 5.64. The molecule has 0 aromatic heterocycles. The first-order chi connectivity index (χ1) is 9.60. The lowest BCUT2D eigenvalue weighted by molar-refractivity contribution is -0.151. The predicted octanol–water partition coefficient (Wildman–Crippen LogP) is 2.57. The van der Waals surface area contributed by atoms with Gasteiger partial charge >= 0.3 is 5.97 Å². The molecule has 3 fully saturated rings. The normalized spacial score (nSPS) is 33.6. The summed E-state index contributed by atoms with van der Waals surface area (Å²) in [7, 11) is 0. The van der Waals surface area contributed by atoms with Gasteiger partial charge in [0.2, 0.25) is 0 Å². The van der Waals surface area contributed by atoms with Crippen LogP contribution in [0.5, 0.6) is 0 Å². The maximum absolute atomic E-state index is 11.8. The second-order valence-electron chi connectivity index (χ2n) is 7.16. The molecule has 4 heteroatoms. The number of carboxylic acid groups (broad SMARTS) is 1. The third-order valence-corrected chi connectivity index (χ3v) is 5.20. The van der Waals surface area contributed by atoms with Crippen LogP contribution in [0, 0.1) is 11.8 Å². The van der Waals surface area contributed by atoms with Gasteiger partial charge in [0.15, 0.2) is 0 Å². The zero-order valence-electron chi connectivity index (χ0n) is 12.4. The molecule has 20 heavy (non-hydrogen) atoms. The van der Waals surface area contributed by atoms with Crippen LogP contribution in [-0.2, 0) is 9.53 Å². The summed E-state index contributed by atoms with van der Waals surface area (Å²) < 4.78 is 6.04. The van der Waals surface area contributed by atoms with Gasteiger partial charge in [0.1, 0.15) is 5.54 Å². The van der Waals surface area contributed by atoms with Gasteiger partial charge in [-0.2, -0.15) is 0 Å². The van der Waals surface area contributed by atoms with Gasteiger partial charge in [0.25, 0.3) is 0 Å². The largest absolute Gasteiger partial charge is 0.480 e. The molecule has 0 radical (unpaired) electrons. The molecule has 0 saturated heterocycles. The molecule has 0 amide bonds. The lowest BCUT2D eigenvalue weighted by Gasteiger charge is -2.34. The summed E-state index contributed by atoms with van der Waals surface area (Å²) >= 11 is 0. The standard InChI is InChI=1S/C16H27NO3/c1-11-2-8-14(9-3-11)20-10-16(15(18)19,12-4-5-12)17-13-6-7-13/h11-14,17H,2-10H2,1H3,(H,18,19). The highest BCUT2D eigenvalue weighted by atomic mass is 16.5. The van der Waals surface area contributed by atoms with Crippen LogP contribution in [0.2, 0.25) is 0 Å². The van der Waals surface area contributed by atoms with Crippen molar-refractivity contribution in [1.29, 1.82) is 0 Å². The van der Waals surface area contributed by atoms with Crippen molar-refractivity contribution in [3.8, 4) is 0 Å². The van der Waals surface area contributed by atoms with Gasteiger partial charge in [-0.1, -0.05) is 6.92 Å². The summed E-state index contributed by atoms with van der Waals surface area (Å²) in [5.41, 5.74) is -0.815. The van der Waals surface area contributed by atoms with E-state index < -0.39 is 11.5 Å². The Morgan fingerprint density at radius 2 is 1.80 bits per heavy atom. The van der Waals surface area contributed by atoms with Crippen molar-refractivity contribution in [3.05, 3.63) is 0 Å². The molecular formula is C16H27NO3. The van der Waals surface area contributed by atoms with Crippen LogP contribution in [0.25, 0.3) is 0 Å². The van der Waals surface area contributed by atoms with Crippen LogP contribution in [0.4, 0.5) is 0 Å². The highest BCUT2D eigenvalue weighted by molar-refractivity contribution is 5.80. The topological polar surface area (TPSA) is 58.6 Å². The van der Waals surface area contributed by atoms with E-state index in [9.17, 15) is 9.90 Å². The van der Waals surface area contributed by atoms with E-state index in [1.54, 1.807) is 0 Å². The van der Waals surface area contributed by atoms with E-state index >= 15 is 0 Å². The molecule has 1 unspecified atom stereocenters. The molecule has 0 aliphatic heterocycles. The lowest BCUT2D eigenvalue weighted by Crippen LogP contribution is -2.58. The quantitative estimate of drug-likeness (QED) is 0.753. The highest BCUT2D eigenvalue weighted by Crippen LogP contribution is 2.42. The molecule has 4 nitrogen and oxygen atoms in total. The fourth-order valence-electron chi connectivity index (χ4n) is 3.39. The first kappa shape index (κ1) is 14.3. The first-order valence-corrected chi connectivity index (χ1v) is 8.23. The Labute approximate surface area is 121 Å². The second-order valence-corrected chi connectivity index (χ2v) is 7.16. The van der Waals surface area contributed by atoms with E-state index in [0.717, 1.165) is 44.4 Å². The Bertz CT molecular complexity index is 357. The highest BCUT2D eigenvalue weighted by Gasteiger charge is 2.53. The Morgan fingerprint density at radius 3 is 2.30 bits per heavy atom. The molecule has 114 valence electrons. The fourth-order valence-corrected chi connectivity index (χ4v) is 3.39. The summed E-state index contributed by atoms with van der Waals surface area (Å²) in [6.07, 6.45) is 9.15. The minimum absolute atomic E-state index is 0.267. The molecule has 3 aliphatic rings. The number of ether oxygens (including phenoxy) is 1. The van der Waals surface area contributed by atoms with Gasteiger partial charge in [-0.15, -0.1) is 0 Å². The van der Waals surface area contributed by atoms with E-state index in [2.05, 4.69) is 12.2 Å². The van der Waals surface area contributed by atoms with Crippen LogP contribution >= 0.6 is 0 Å². The van der Waals surface area contributed by atoms with Gasteiger partial charge < -0.3 is 9.84 Å². The van der Waals surface area contributed by atoms with Crippen LogP contribution in [-0.4, -0.2) is 35.4 Å². The summed E-state index contributed by atoms with van der Waals surface area (Å²) in [6, 6.07) is 0.404. The number of hydrogen-bond donors (Lipinski definition) is 2. The van der Waals surface area contributed by atoms with Gasteiger partial charge in [0, 0.05) is 6.04 Å². The molecule has 1 atom stereocenters. The Morgan fingerprint density at radius 1 is 1.15 bits per heavy atom. The maximum atomic E-state index is 11.8. The summed E-state index contributed by atoms with van der Waals surface area (Å²) in [5, 5.41) is 13.1. The van der Waals surface area contributed by atoms with Crippen molar-refractivity contribution in [2.24, 2.45) is 11.8 Å². The Hall–Kier alpha value is -0.610. The predicted molar refractivity (Wildman–Crippen MR) is 76.6 cm³/mol. The SMILES string of the molecule is CC1CCC(OCC(NC2CC2)(C(=O)O)C2CC2)CC1. The van der Waals surface area contributed by atoms with Crippen molar-refractivity contribution < 1.29 is 14.6 Å². The maximum Gasteiger partial charge on any atom is 0.326 e. The summed E-state index contributed by atoms with van der Waals surface area (Å²) in [5.74, 6) is 0.353. The number of hydrogen-bond acceptors (Lipinski definition) is 3. The van der Waals surface area contributed by atoms with Gasteiger partial charge in [-0.25, -0.2) is 0 Å². The number of nitrogens with one attached hydrogen (secondary N) is 1. The van der Waals surface area contributed by atoms with Crippen LogP contribution in [0.3, 0.4) is 0 Å². The van der Waals surface area contributed by atoms with Gasteiger partial charge in [0.05, 0.1) is 12.7 Å². The Kier molecular flexibility index (Phi) is 4.04. The smallest absolute Gasteiger partial charge is 0.326 e. The number of carbonyl (C=O) groups is 1. The average molecular weight is 281 g/mol. The van der Waals surface area contributed by atoms with Crippen molar-refractivity contribution in [1.82, 2.24) is 5.32 Å². The van der Waals surface area contributed by atoms with E-state index in [4.69, 9.17) is 4.74 Å². The monoisotopic (exact) mass is 281 g/mol. The number of rotatable bonds is 7. The lowest BCUT2D eigenvalue weighted by atomic mass is 9.88. The molecule has 3 rings (SSSR count). The molecule has 0 aromatic carbocycles. The minimum atomic E-state index is -0.815. The zero-order chi connectivity index (χ0) is 14.2. The molecule has 3 saturated carbocycles.